The monoisotopic (exact) mass is 519 g/mol. The highest BCUT2D eigenvalue weighted by Crippen LogP contribution is 2.43. The molecule has 3 aromatic rings. The molecular formula is C30H31F2N3O3. The maximum absolute atomic E-state index is 14.4. The molecule has 0 radical (unpaired) electrons. The summed E-state index contributed by atoms with van der Waals surface area (Å²) in [5, 5.41) is 12.8. The highest BCUT2D eigenvalue weighted by molar-refractivity contribution is 5.96. The fourth-order valence-electron chi connectivity index (χ4n) is 6.58. The number of rotatable bonds is 4. The molecule has 38 heavy (non-hydrogen) atoms. The van der Waals surface area contributed by atoms with Gasteiger partial charge in [-0.15, -0.1) is 0 Å². The Labute approximate surface area is 220 Å². The number of fused-ring (bicyclic) bond motifs is 4. The number of aromatic nitrogens is 1. The Balaban J connectivity index is 1.60. The van der Waals surface area contributed by atoms with Gasteiger partial charge in [-0.1, -0.05) is 38.3 Å². The summed E-state index contributed by atoms with van der Waals surface area (Å²) in [4.78, 5) is 27.9. The molecule has 0 saturated carbocycles. The molecule has 1 unspecified atom stereocenters. The minimum atomic E-state index is -0.619. The van der Waals surface area contributed by atoms with Gasteiger partial charge in [0.05, 0.1) is 6.04 Å². The molecule has 1 saturated heterocycles. The number of unbranched alkanes of at least 4 members (excludes halogenated alkanes) is 1. The van der Waals surface area contributed by atoms with Gasteiger partial charge in [0.15, 0.2) is 11.4 Å². The molecule has 0 bridgehead atoms. The van der Waals surface area contributed by atoms with Gasteiger partial charge >= 0.3 is 0 Å². The van der Waals surface area contributed by atoms with Crippen LogP contribution in [-0.2, 0) is 12.8 Å². The summed E-state index contributed by atoms with van der Waals surface area (Å²) in [6, 6.07) is 10.2. The van der Waals surface area contributed by atoms with Gasteiger partial charge in [-0.2, -0.15) is 0 Å². The first-order valence-corrected chi connectivity index (χ1v) is 13.5. The lowest BCUT2D eigenvalue weighted by atomic mass is 9.86. The number of piperidine rings is 1. The number of amides is 1. The lowest BCUT2D eigenvalue weighted by Crippen LogP contribution is -2.64. The number of carbonyl (C=O) groups is 1. The van der Waals surface area contributed by atoms with Crippen molar-refractivity contribution in [1.29, 1.82) is 0 Å². The second-order valence-corrected chi connectivity index (χ2v) is 10.7. The Morgan fingerprint density at radius 1 is 0.974 bits per heavy atom. The molecule has 2 aromatic carbocycles. The zero-order valence-electron chi connectivity index (χ0n) is 21.4. The molecule has 6 rings (SSSR count). The minimum absolute atomic E-state index is 0.0719. The van der Waals surface area contributed by atoms with E-state index < -0.39 is 17.2 Å². The highest BCUT2D eigenvalue weighted by atomic mass is 19.1. The van der Waals surface area contributed by atoms with Gasteiger partial charge in [-0.05, 0) is 78.1 Å². The number of benzene rings is 2. The normalized spacial score (nSPS) is 20.9. The van der Waals surface area contributed by atoms with E-state index in [4.69, 9.17) is 0 Å². The molecule has 2 atom stereocenters. The van der Waals surface area contributed by atoms with Crippen molar-refractivity contribution in [3.8, 4) is 5.75 Å². The predicted molar refractivity (Wildman–Crippen MR) is 140 cm³/mol. The summed E-state index contributed by atoms with van der Waals surface area (Å²) in [5.74, 6) is -1.22. The minimum Gasteiger partial charge on any atom is -0.502 e. The van der Waals surface area contributed by atoms with Gasteiger partial charge in [0.2, 0.25) is 5.43 Å². The first kappa shape index (κ1) is 24.6. The standard InChI is InChI=1S/C30H31F2N3O3/c1-2-3-4-18-11-13-33-26(15-18)35(34-14-12-25(36)29(37)28(34)30(33)38)27-23-9-7-21(31)16-19(23)5-6-20-17-22(32)8-10-24(20)27/h7-10,12,14,16-18,26-27,37H,2-6,11,13,15H2,1H3/t18-,26?/m1/s1. The van der Waals surface area contributed by atoms with Crippen LogP contribution in [0.2, 0.25) is 0 Å². The average molecular weight is 520 g/mol. The zero-order chi connectivity index (χ0) is 26.6. The summed E-state index contributed by atoms with van der Waals surface area (Å²) in [6.45, 7) is 2.68. The van der Waals surface area contributed by atoms with E-state index in [2.05, 4.69) is 6.92 Å². The summed E-state index contributed by atoms with van der Waals surface area (Å²) in [6.07, 6.45) is 7.09. The van der Waals surface area contributed by atoms with Gasteiger partial charge in [0.1, 0.15) is 17.8 Å². The molecule has 1 aromatic heterocycles. The van der Waals surface area contributed by atoms with Gasteiger partial charge < -0.3 is 10.0 Å². The van der Waals surface area contributed by atoms with Crippen molar-refractivity contribution in [1.82, 2.24) is 9.58 Å². The predicted octanol–water partition coefficient (Wildman–Crippen LogP) is 5.04. The number of aryl methyl sites for hydroxylation is 2. The van der Waals surface area contributed by atoms with Gasteiger partial charge in [-0.25, -0.2) is 8.78 Å². The van der Waals surface area contributed by atoms with E-state index in [1.807, 2.05) is 5.01 Å². The van der Waals surface area contributed by atoms with Crippen molar-refractivity contribution in [2.45, 2.75) is 64.1 Å². The molecule has 8 heteroatoms. The second kappa shape index (κ2) is 9.57. The molecule has 198 valence electrons. The Morgan fingerprint density at radius 3 is 2.26 bits per heavy atom. The molecule has 3 heterocycles. The summed E-state index contributed by atoms with van der Waals surface area (Å²) in [7, 11) is 0. The van der Waals surface area contributed by atoms with Crippen LogP contribution in [0.1, 0.15) is 77.8 Å². The summed E-state index contributed by atoms with van der Waals surface area (Å²) >= 11 is 0. The number of hydrogen-bond donors (Lipinski definition) is 1. The summed E-state index contributed by atoms with van der Waals surface area (Å²) < 4.78 is 30.4. The third kappa shape index (κ3) is 3.97. The van der Waals surface area contributed by atoms with E-state index >= 15 is 0 Å². The molecule has 6 nitrogen and oxygen atoms in total. The highest BCUT2D eigenvalue weighted by Gasteiger charge is 2.46. The fraction of sp³-hybridized carbons (Fsp3) is 0.400. The van der Waals surface area contributed by atoms with E-state index in [1.54, 1.807) is 27.9 Å². The van der Waals surface area contributed by atoms with Crippen LogP contribution in [0.5, 0.6) is 5.75 Å². The van der Waals surface area contributed by atoms with Crippen LogP contribution in [0.3, 0.4) is 0 Å². The Hall–Kier alpha value is -3.68. The van der Waals surface area contributed by atoms with Crippen molar-refractivity contribution < 1.29 is 18.7 Å². The van der Waals surface area contributed by atoms with Crippen LogP contribution in [0.4, 0.5) is 8.78 Å². The van der Waals surface area contributed by atoms with E-state index in [0.717, 1.165) is 54.4 Å². The Morgan fingerprint density at radius 2 is 1.63 bits per heavy atom. The van der Waals surface area contributed by atoms with Crippen molar-refractivity contribution in [3.63, 3.8) is 0 Å². The molecule has 1 fully saturated rings. The van der Waals surface area contributed by atoms with Crippen molar-refractivity contribution >= 4 is 5.91 Å². The maximum atomic E-state index is 14.4. The van der Waals surface area contributed by atoms with Crippen LogP contribution in [-0.4, -0.2) is 33.3 Å². The van der Waals surface area contributed by atoms with E-state index in [-0.39, 0.29) is 29.4 Å². The number of hydrogen-bond acceptors (Lipinski definition) is 4. The average Bonchev–Trinajstić information content (AvgIpc) is 3.06. The van der Waals surface area contributed by atoms with Crippen LogP contribution in [0.25, 0.3) is 0 Å². The zero-order valence-corrected chi connectivity index (χ0v) is 21.4. The number of halogens is 2. The van der Waals surface area contributed by atoms with E-state index in [0.29, 0.717) is 25.3 Å². The smallest absolute Gasteiger partial charge is 0.278 e. The first-order valence-electron chi connectivity index (χ1n) is 13.5. The lowest BCUT2D eigenvalue weighted by Gasteiger charge is -2.53. The topological polar surface area (TPSA) is 65.8 Å². The molecular weight excluding hydrogens is 488 g/mol. The number of aromatic hydroxyl groups is 1. The van der Waals surface area contributed by atoms with Crippen LogP contribution >= 0.6 is 0 Å². The Kier molecular flexibility index (Phi) is 6.20. The fourth-order valence-corrected chi connectivity index (χ4v) is 6.58. The molecule has 1 aliphatic carbocycles. The lowest BCUT2D eigenvalue weighted by molar-refractivity contribution is 0.0368. The largest absolute Gasteiger partial charge is 0.502 e. The molecule has 1 N–H and O–H groups in total. The summed E-state index contributed by atoms with van der Waals surface area (Å²) in [5.41, 5.74) is 2.68. The quantitative estimate of drug-likeness (QED) is 0.525. The number of nitrogens with zero attached hydrogens (tertiary/aromatic N) is 3. The van der Waals surface area contributed by atoms with Gasteiger partial charge in [-0.3, -0.25) is 19.3 Å². The van der Waals surface area contributed by atoms with Crippen LogP contribution in [0.15, 0.2) is 53.5 Å². The number of carbonyl (C=O) groups excluding carboxylic acids is 1. The van der Waals surface area contributed by atoms with Crippen LogP contribution in [0, 0.1) is 17.6 Å². The van der Waals surface area contributed by atoms with Crippen molar-refractivity contribution in [3.05, 3.63) is 98.5 Å². The SMILES string of the molecule is CCCC[C@@H]1CCN2C(=O)c3c(O)c(=O)ccn3N(C3c4ccc(F)cc4CCc4cc(F)ccc43)C2C1. The second-order valence-electron chi connectivity index (χ2n) is 10.7. The number of pyridine rings is 1. The van der Waals surface area contributed by atoms with Gasteiger partial charge in [0, 0.05) is 18.8 Å². The Bertz CT molecular complexity index is 1420. The van der Waals surface area contributed by atoms with Crippen LogP contribution < -0.4 is 10.4 Å². The first-order chi connectivity index (χ1) is 18.4. The van der Waals surface area contributed by atoms with Crippen molar-refractivity contribution in [2.75, 3.05) is 11.6 Å². The van der Waals surface area contributed by atoms with E-state index in [9.17, 15) is 23.5 Å². The third-order valence-electron chi connectivity index (χ3n) is 8.45. The third-order valence-corrected chi connectivity index (χ3v) is 8.45. The van der Waals surface area contributed by atoms with E-state index in [1.165, 1.54) is 30.3 Å². The molecule has 2 aliphatic heterocycles. The molecule has 3 aliphatic rings. The van der Waals surface area contributed by atoms with Crippen molar-refractivity contribution in [2.24, 2.45) is 5.92 Å². The van der Waals surface area contributed by atoms with Gasteiger partial charge in [0.25, 0.3) is 5.91 Å². The molecule has 1 amide bonds. The maximum Gasteiger partial charge on any atom is 0.278 e. The molecule has 0 spiro atoms.